The Morgan fingerprint density at radius 1 is 1.24 bits per heavy atom. The second-order valence-corrected chi connectivity index (χ2v) is 7.59. The van der Waals surface area contributed by atoms with Crippen molar-refractivity contribution in [2.24, 2.45) is 5.92 Å². The smallest absolute Gasteiger partial charge is 0.195 e. The summed E-state index contributed by atoms with van der Waals surface area (Å²) in [5, 5.41) is 0. The highest BCUT2D eigenvalue weighted by molar-refractivity contribution is 7.87. The lowest BCUT2D eigenvalue weighted by Gasteiger charge is -2.46. The average Bonchev–Trinajstić information content (AvgIpc) is 2.51. The highest BCUT2D eigenvalue weighted by Crippen LogP contribution is 2.36. The van der Waals surface area contributed by atoms with Gasteiger partial charge in [-0.1, -0.05) is 49.2 Å². The Balaban J connectivity index is 1.91. The Labute approximate surface area is 127 Å². The molecule has 1 aliphatic heterocycles. The van der Waals surface area contributed by atoms with Crippen LogP contribution in [0.15, 0.2) is 43.0 Å². The van der Waals surface area contributed by atoms with Gasteiger partial charge in [0.15, 0.2) is 0 Å². The quantitative estimate of drug-likeness (QED) is 0.872. The van der Waals surface area contributed by atoms with Crippen molar-refractivity contribution in [2.45, 2.75) is 44.3 Å². The van der Waals surface area contributed by atoms with Crippen molar-refractivity contribution < 1.29 is 8.42 Å². The van der Waals surface area contributed by atoms with Crippen LogP contribution in [0.4, 0.5) is 0 Å². The molecule has 1 aromatic carbocycles. The molecule has 0 bridgehead atoms. The average molecular weight is 306 g/mol. The lowest BCUT2D eigenvalue weighted by Crippen LogP contribution is -2.61. The fraction of sp³-hybridized carbons (Fsp3) is 0.500. The number of nitrogens with one attached hydrogen (secondary N) is 1. The second-order valence-electron chi connectivity index (χ2n) is 5.93. The third kappa shape index (κ3) is 2.91. The van der Waals surface area contributed by atoms with E-state index < -0.39 is 10.2 Å². The van der Waals surface area contributed by atoms with Crippen LogP contribution in [0.1, 0.15) is 31.2 Å². The first-order chi connectivity index (χ1) is 10.1. The third-order valence-corrected chi connectivity index (χ3v) is 6.23. The van der Waals surface area contributed by atoms with Gasteiger partial charge in [0.1, 0.15) is 0 Å². The van der Waals surface area contributed by atoms with Crippen LogP contribution in [0.5, 0.6) is 0 Å². The van der Waals surface area contributed by atoms with E-state index in [2.05, 4.69) is 11.3 Å². The monoisotopic (exact) mass is 306 g/mol. The van der Waals surface area contributed by atoms with Gasteiger partial charge in [0.25, 0.3) is 10.2 Å². The van der Waals surface area contributed by atoms with Crippen LogP contribution in [0, 0.1) is 5.92 Å². The summed E-state index contributed by atoms with van der Waals surface area (Å²) in [5.41, 5.74) is 1.03. The molecule has 0 spiro atoms. The number of fused-ring (bicyclic) bond motifs is 1. The molecule has 4 nitrogen and oxygen atoms in total. The van der Waals surface area contributed by atoms with Crippen molar-refractivity contribution in [3.63, 3.8) is 0 Å². The summed E-state index contributed by atoms with van der Waals surface area (Å²) in [6, 6.07) is 9.76. The first kappa shape index (κ1) is 14.8. The van der Waals surface area contributed by atoms with E-state index in [0.717, 1.165) is 24.8 Å². The summed E-state index contributed by atoms with van der Waals surface area (Å²) in [5.74, 6) is 0.337. The molecule has 114 valence electrons. The number of nitrogens with zero attached hydrogens (tertiary/aromatic N) is 1. The van der Waals surface area contributed by atoms with Crippen molar-refractivity contribution in [1.29, 1.82) is 0 Å². The SMILES string of the molecule is C=C[C@H]1NS(=O)(=O)N(Cc2ccccc2)[C@@H]2CCCC[C@@H]21. The highest BCUT2D eigenvalue weighted by atomic mass is 32.2. The van der Waals surface area contributed by atoms with Crippen LogP contribution >= 0.6 is 0 Å². The first-order valence-corrected chi connectivity index (χ1v) is 9.01. The zero-order chi connectivity index (χ0) is 14.9. The minimum absolute atomic E-state index is 0.0909. The third-order valence-electron chi connectivity index (χ3n) is 4.64. The molecule has 1 saturated heterocycles. The van der Waals surface area contributed by atoms with Crippen molar-refractivity contribution in [3.05, 3.63) is 48.6 Å². The Hall–Kier alpha value is -1.17. The van der Waals surface area contributed by atoms with Gasteiger partial charge in [-0.05, 0) is 24.3 Å². The summed E-state index contributed by atoms with van der Waals surface area (Å²) in [6.45, 7) is 4.25. The number of rotatable bonds is 3. The van der Waals surface area contributed by atoms with Gasteiger partial charge in [-0.3, -0.25) is 0 Å². The molecule has 1 N–H and O–H groups in total. The predicted octanol–water partition coefficient (Wildman–Crippen LogP) is 2.45. The molecule has 1 aromatic rings. The van der Waals surface area contributed by atoms with Gasteiger partial charge in [0.2, 0.25) is 0 Å². The van der Waals surface area contributed by atoms with Gasteiger partial charge < -0.3 is 0 Å². The number of benzene rings is 1. The van der Waals surface area contributed by atoms with Crippen LogP contribution in [-0.2, 0) is 16.8 Å². The first-order valence-electron chi connectivity index (χ1n) is 7.57. The van der Waals surface area contributed by atoms with Crippen LogP contribution in [0.2, 0.25) is 0 Å². The molecule has 3 atom stereocenters. The fourth-order valence-corrected chi connectivity index (χ4v) is 5.30. The normalized spacial score (nSPS) is 32.3. The lowest BCUT2D eigenvalue weighted by molar-refractivity contribution is 0.136. The van der Waals surface area contributed by atoms with E-state index in [0.29, 0.717) is 12.5 Å². The summed E-state index contributed by atoms with van der Waals surface area (Å²) >= 11 is 0. The molecule has 2 aliphatic rings. The number of hydrogen-bond acceptors (Lipinski definition) is 2. The minimum Gasteiger partial charge on any atom is -0.195 e. The van der Waals surface area contributed by atoms with Crippen molar-refractivity contribution >= 4 is 10.2 Å². The van der Waals surface area contributed by atoms with Gasteiger partial charge in [0.05, 0.1) is 0 Å². The van der Waals surface area contributed by atoms with Crippen molar-refractivity contribution in [1.82, 2.24) is 9.03 Å². The predicted molar refractivity (Wildman–Crippen MR) is 83.8 cm³/mol. The lowest BCUT2D eigenvalue weighted by atomic mass is 9.80. The van der Waals surface area contributed by atoms with Gasteiger partial charge in [-0.15, -0.1) is 6.58 Å². The Kier molecular flexibility index (Phi) is 4.15. The maximum Gasteiger partial charge on any atom is 0.280 e. The Bertz CT molecular complexity index is 600. The summed E-state index contributed by atoms with van der Waals surface area (Å²) < 4.78 is 29.6. The molecule has 0 radical (unpaired) electrons. The summed E-state index contributed by atoms with van der Waals surface area (Å²) in [4.78, 5) is 0. The van der Waals surface area contributed by atoms with Crippen LogP contribution in [0.25, 0.3) is 0 Å². The maximum atomic E-state index is 12.6. The highest BCUT2D eigenvalue weighted by Gasteiger charge is 2.45. The zero-order valence-corrected chi connectivity index (χ0v) is 12.9. The van der Waals surface area contributed by atoms with Gasteiger partial charge in [-0.2, -0.15) is 17.4 Å². The second kappa shape index (κ2) is 5.91. The number of hydrogen-bond donors (Lipinski definition) is 1. The molecule has 1 saturated carbocycles. The van der Waals surface area contributed by atoms with Crippen LogP contribution in [0.3, 0.4) is 0 Å². The minimum atomic E-state index is -3.44. The van der Waals surface area contributed by atoms with E-state index in [9.17, 15) is 8.42 Å². The standard InChI is InChI=1S/C16H22N2O2S/c1-2-15-14-10-6-7-11-16(14)18(21(19,20)17-15)12-13-8-4-3-5-9-13/h2-5,8-9,14-17H,1,6-7,10-12H2/t14-,15-,16-/m1/s1. The molecule has 0 amide bonds. The van der Waals surface area contributed by atoms with Crippen LogP contribution < -0.4 is 4.72 Å². The molecule has 0 unspecified atom stereocenters. The van der Waals surface area contributed by atoms with Gasteiger partial charge in [-0.25, -0.2) is 0 Å². The molecule has 21 heavy (non-hydrogen) atoms. The molecular weight excluding hydrogens is 284 g/mol. The van der Waals surface area contributed by atoms with Gasteiger partial charge >= 0.3 is 0 Å². The van der Waals surface area contributed by atoms with E-state index in [1.807, 2.05) is 30.3 Å². The summed E-state index contributed by atoms with van der Waals surface area (Å²) in [7, 11) is -3.44. The van der Waals surface area contributed by atoms with E-state index in [4.69, 9.17) is 0 Å². The van der Waals surface area contributed by atoms with E-state index >= 15 is 0 Å². The van der Waals surface area contributed by atoms with Crippen molar-refractivity contribution in [2.75, 3.05) is 0 Å². The molecule has 1 aliphatic carbocycles. The maximum absolute atomic E-state index is 12.6. The molecule has 2 fully saturated rings. The summed E-state index contributed by atoms with van der Waals surface area (Å²) in [6.07, 6.45) is 6.04. The topological polar surface area (TPSA) is 49.4 Å². The fourth-order valence-electron chi connectivity index (χ4n) is 3.61. The van der Waals surface area contributed by atoms with Crippen LogP contribution in [-0.4, -0.2) is 24.8 Å². The van der Waals surface area contributed by atoms with Gasteiger partial charge in [0, 0.05) is 18.6 Å². The van der Waals surface area contributed by atoms with E-state index in [1.54, 1.807) is 10.4 Å². The van der Waals surface area contributed by atoms with E-state index in [-0.39, 0.29) is 12.1 Å². The molecule has 5 heteroatoms. The molecule has 1 heterocycles. The Morgan fingerprint density at radius 2 is 1.95 bits per heavy atom. The van der Waals surface area contributed by atoms with Crippen molar-refractivity contribution in [3.8, 4) is 0 Å². The molecular formula is C16H22N2O2S. The largest absolute Gasteiger partial charge is 0.280 e. The zero-order valence-electron chi connectivity index (χ0n) is 12.1. The molecule has 0 aromatic heterocycles. The molecule has 3 rings (SSSR count). The van der Waals surface area contributed by atoms with E-state index in [1.165, 1.54) is 6.42 Å². The Morgan fingerprint density at radius 3 is 2.67 bits per heavy atom.